The lowest BCUT2D eigenvalue weighted by molar-refractivity contribution is -0.137. The van der Waals surface area contributed by atoms with E-state index in [0.717, 1.165) is 43.9 Å². The Morgan fingerprint density at radius 1 is 1.06 bits per heavy atom. The van der Waals surface area contributed by atoms with E-state index in [9.17, 15) is 26.4 Å². The lowest BCUT2D eigenvalue weighted by Crippen LogP contribution is -2.29. The highest BCUT2D eigenvalue weighted by atomic mass is 32.2. The number of carbonyl (C=O) groups excluding carboxylic acids is 1. The van der Waals surface area contributed by atoms with Gasteiger partial charge in [0.15, 0.2) is 0 Å². The van der Waals surface area contributed by atoms with Crippen molar-refractivity contribution in [3.05, 3.63) is 59.7 Å². The number of amides is 1. The molecule has 9 heteroatoms. The van der Waals surface area contributed by atoms with E-state index in [1.807, 2.05) is 0 Å². The van der Waals surface area contributed by atoms with Crippen molar-refractivity contribution < 1.29 is 26.4 Å². The van der Waals surface area contributed by atoms with Crippen LogP contribution in [0.2, 0.25) is 0 Å². The molecule has 0 bridgehead atoms. The Balaban J connectivity index is 2.13. The summed E-state index contributed by atoms with van der Waals surface area (Å²) in [6.45, 7) is 4.65. The van der Waals surface area contributed by atoms with Crippen molar-refractivity contribution in [2.24, 2.45) is 5.92 Å². The predicted molar refractivity (Wildman–Crippen MR) is 114 cm³/mol. The first-order valence-corrected chi connectivity index (χ1v) is 11.6. The number of unbranched alkanes of at least 4 members (excludes halogenated alkanes) is 1. The zero-order valence-corrected chi connectivity index (χ0v) is 18.3. The molecule has 0 saturated carbocycles. The molecule has 0 spiro atoms. The maximum atomic E-state index is 12.9. The van der Waals surface area contributed by atoms with Gasteiger partial charge in [0.1, 0.15) is 0 Å². The third kappa shape index (κ3) is 7.27. The highest BCUT2D eigenvalue weighted by Crippen LogP contribution is 2.31. The Morgan fingerprint density at radius 2 is 1.77 bits per heavy atom. The third-order valence-electron chi connectivity index (χ3n) is 4.94. The molecule has 0 fully saturated rings. The van der Waals surface area contributed by atoms with Gasteiger partial charge < -0.3 is 5.32 Å². The second kappa shape index (κ2) is 10.7. The molecular formula is C22H27F3N2O3S. The van der Waals surface area contributed by atoms with Crippen molar-refractivity contribution >= 4 is 21.6 Å². The van der Waals surface area contributed by atoms with Crippen LogP contribution in [0.1, 0.15) is 55.5 Å². The molecule has 0 aromatic heterocycles. The van der Waals surface area contributed by atoms with Crippen molar-refractivity contribution in [2.45, 2.75) is 50.6 Å². The van der Waals surface area contributed by atoms with Crippen LogP contribution in [-0.4, -0.2) is 20.9 Å². The lowest BCUT2D eigenvalue weighted by Gasteiger charge is -2.15. The van der Waals surface area contributed by atoms with Crippen LogP contribution in [0.4, 0.5) is 18.9 Å². The maximum absolute atomic E-state index is 12.9. The molecular weight excluding hydrogens is 429 g/mol. The molecule has 2 rings (SSSR count). The molecule has 31 heavy (non-hydrogen) atoms. The van der Waals surface area contributed by atoms with Crippen molar-refractivity contribution in [3.8, 4) is 0 Å². The van der Waals surface area contributed by atoms with Gasteiger partial charge in [-0.05, 0) is 48.7 Å². The van der Waals surface area contributed by atoms with Gasteiger partial charge in [-0.1, -0.05) is 45.2 Å². The number of hydrogen-bond donors (Lipinski definition) is 2. The van der Waals surface area contributed by atoms with Crippen LogP contribution in [0.3, 0.4) is 0 Å². The van der Waals surface area contributed by atoms with E-state index in [0.29, 0.717) is 12.5 Å². The molecule has 0 aliphatic rings. The van der Waals surface area contributed by atoms with Gasteiger partial charge in [-0.15, -0.1) is 0 Å². The van der Waals surface area contributed by atoms with Crippen LogP contribution in [-0.2, 0) is 16.2 Å². The highest BCUT2D eigenvalue weighted by molar-refractivity contribution is 7.92. The topological polar surface area (TPSA) is 75.3 Å². The van der Waals surface area contributed by atoms with Gasteiger partial charge in [0, 0.05) is 17.8 Å². The standard InChI is InChI=1S/C22H27F3N2O3S/c1-3-5-8-16(4-2)15-26-21(28)17-9-6-12-20(13-17)31(29,30)27-19-11-7-10-18(14-19)22(23,24)25/h6-7,9-14,16,27H,3-5,8,15H2,1-2H3,(H,26,28)/t16-/m0/s1. The molecule has 2 N–H and O–H groups in total. The SMILES string of the molecule is CCCC[C@H](CC)CNC(=O)c1cccc(S(=O)(=O)Nc2cccc(C(F)(F)F)c2)c1. The Morgan fingerprint density at radius 3 is 2.42 bits per heavy atom. The number of hydrogen-bond acceptors (Lipinski definition) is 3. The molecule has 0 aliphatic carbocycles. The molecule has 0 heterocycles. The zero-order valence-electron chi connectivity index (χ0n) is 17.5. The number of sulfonamides is 1. The van der Waals surface area contributed by atoms with Crippen molar-refractivity contribution in [1.29, 1.82) is 0 Å². The van der Waals surface area contributed by atoms with Gasteiger partial charge >= 0.3 is 6.18 Å². The fourth-order valence-corrected chi connectivity index (χ4v) is 4.15. The summed E-state index contributed by atoms with van der Waals surface area (Å²) in [6.07, 6.45) is -0.516. The van der Waals surface area contributed by atoms with E-state index in [-0.39, 0.29) is 16.1 Å². The molecule has 0 radical (unpaired) electrons. The Bertz CT molecular complexity index is 991. The average Bonchev–Trinajstić information content (AvgIpc) is 2.73. The number of carbonyl (C=O) groups is 1. The highest BCUT2D eigenvalue weighted by Gasteiger charge is 2.30. The second-order valence-corrected chi connectivity index (χ2v) is 9.02. The number of nitrogens with one attached hydrogen (secondary N) is 2. The van der Waals surface area contributed by atoms with Crippen LogP contribution >= 0.6 is 0 Å². The van der Waals surface area contributed by atoms with E-state index >= 15 is 0 Å². The molecule has 0 saturated heterocycles. The minimum atomic E-state index is -4.59. The van der Waals surface area contributed by atoms with Crippen LogP contribution in [0.25, 0.3) is 0 Å². The molecule has 170 valence electrons. The minimum Gasteiger partial charge on any atom is -0.352 e. The first-order chi connectivity index (χ1) is 14.6. The monoisotopic (exact) mass is 456 g/mol. The zero-order chi connectivity index (χ0) is 23.1. The largest absolute Gasteiger partial charge is 0.416 e. The van der Waals surface area contributed by atoms with E-state index < -0.39 is 27.7 Å². The van der Waals surface area contributed by atoms with Gasteiger partial charge in [-0.25, -0.2) is 8.42 Å². The van der Waals surface area contributed by atoms with Gasteiger partial charge in [0.05, 0.1) is 10.5 Å². The number of benzene rings is 2. The summed E-state index contributed by atoms with van der Waals surface area (Å²) in [4.78, 5) is 12.3. The lowest BCUT2D eigenvalue weighted by atomic mass is 9.99. The molecule has 2 aromatic carbocycles. The van der Waals surface area contributed by atoms with Crippen molar-refractivity contribution in [2.75, 3.05) is 11.3 Å². The number of rotatable bonds is 10. The quantitative estimate of drug-likeness (QED) is 0.499. The van der Waals surface area contributed by atoms with Crippen LogP contribution in [0.5, 0.6) is 0 Å². The van der Waals surface area contributed by atoms with Crippen molar-refractivity contribution in [3.63, 3.8) is 0 Å². The minimum absolute atomic E-state index is 0.164. The Hall–Kier alpha value is -2.55. The van der Waals surface area contributed by atoms with E-state index in [1.165, 1.54) is 30.3 Å². The molecule has 1 amide bonds. The third-order valence-corrected chi connectivity index (χ3v) is 6.32. The van der Waals surface area contributed by atoms with Crippen LogP contribution in [0, 0.1) is 5.92 Å². The van der Waals surface area contributed by atoms with E-state index in [4.69, 9.17) is 0 Å². The van der Waals surface area contributed by atoms with Gasteiger partial charge in [-0.3, -0.25) is 9.52 Å². The number of halogens is 3. The average molecular weight is 457 g/mol. The summed E-state index contributed by atoms with van der Waals surface area (Å²) in [5.74, 6) is -0.0514. The summed E-state index contributed by atoms with van der Waals surface area (Å²) in [6, 6.07) is 9.32. The van der Waals surface area contributed by atoms with Crippen molar-refractivity contribution in [1.82, 2.24) is 5.32 Å². The van der Waals surface area contributed by atoms with Crippen LogP contribution < -0.4 is 10.0 Å². The number of anilines is 1. The molecule has 0 aliphatic heterocycles. The van der Waals surface area contributed by atoms with E-state index in [1.54, 1.807) is 0 Å². The summed E-state index contributed by atoms with van der Waals surface area (Å²) < 4.78 is 66.0. The fraction of sp³-hybridized carbons (Fsp3) is 0.409. The first-order valence-electron chi connectivity index (χ1n) is 10.1. The predicted octanol–water partition coefficient (Wildman–Crippen LogP) is 5.45. The normalized spacial score (nSPS) is 12.9. The maximum Gasteiger partial charge on any atom is 0.416 e. The first kappa shape index (κ1) is 24.7. The van der Waals surface area contributed by atoms with Gasteiger partial charge in [-0.2, -0.15) is 13.2 Å². The Kier molecular flexibility index (Phi) is 8.50. The summed E-state index contributed by atoms with van der Waals surface area (Å²) in [7, 11) is -4.18. The molecule has 0 unspecified atom stereocenters. The van der Waals surface area contributed by atoms with Gasteiger partial charge in [0.2, 0.25) is 0 Å². The van der Waals surface area contributed by atoms with E-state index in [2.05, 4.69) is 23.9 Å². The molecule has 5 nitrogen and oxygen atoms in total. The second-order valence-electron chi connectivity index (χ2n) is 7.34. The smallest absolute Gasteiger partial charge is 0.352 e. The van der Waals surface area contributed by atoms with Crippen LogP contribution in [0.15, 0.2) is 53.4 Å². The fourth-order valence-electron chi connectivity index (χ4n) is 3.06. The Labute approximate surface area is 181 Å². The van der Waals surface area contributed by atoms with Gasteiger partial charge in [0.25, 0.3) is 15.9 Å². The summed E-state index contributed by atoms with van der Waals surface area (Å²) in [5.41, 5.74) is -1.02. The molecule has 1 atom stereocenters. The summed E-state index contributed by atoms with van der Waals surface area (Å²) in [5, 5.41) is 2.83. The number of alkyl halides is 3. The summed E-state index contributed by atoms with van der Waals surface area (Å²) >= 11 is 0. The molecule has 2 aromatic rings.